The molecule has 0 radical (unpaired) electrons. The minimum absolute atomic E-state index is 0.181. The van der Waals surface area contributed by atoms with Gasteiger partial charge in [0, 0.05) is 37.0 Å². The van der Waals surface area contributed by atoms with E-state index in [-0.39, 0.29) is 17.7 Å². The number of thiazole rings is 1. The van der Waals surface area contributed by atoms with Crippen LogP contribution >= 0.6 is 11.3 Å². The minimum atomic E-state index is -0.231. The third-order valence-electron chi connectivity index (χ3n) is 4.69. The maximum Gasteiger partial charge on any atom is 0.273 e. The normalized spacial score (nSPS) is 17.3. The van der Waals surface area contributed by atoms with Gasteiger partial charge in [0.05, 0.1) is 11.2 Å². The van der Waals surface area contributed by atoms with Crippen molar-refractivity contribution in [2.75, 3.05) is 19.6 Å². The van der Waals surface area contributed by atoms with Crippen LogP contribution in [0.4, 0.5) is 0 Å². The summed E-state index contributed by atoms with van der Waals surface area (Å²) in [7, 11) is 0. The third kappa shape index (κ3) is 4.69. The molecule has 0 aromatic carbocycles. The van der Waals surface area contributed by atoms with Gasteiger partial charge in [-0.25, -0.2) is 4.98 Å². The van der Waals surface area contributed by atoms with E-state index < -0.39 is 0 Å². The summed E-state index contributed by atoms with van der Waals surface area (Å²) in [6, 6.07) is 1.62. The van der Waals surface area contributed by atoms with E-state index in [1.807, 2.05) is 17.3 Å². The molecule has 1 fully saturated rings. The Kier molecular flexibility index (Phi) is 6.03. The summed E-state index contributed by atoms with van der Waals surface area (Å²) < 4.78 is 4.92. The Morgan fingerprint density at radius 3 is 2.96 bits per heavy atom. The molecule has 1 aliphatic rings. The van der Waals surface area contributed by atoms with Gasteiger partial charge in [0.2, 0.25) is 5.91 Å². The average Bonchev–Trinajstić information content (AvgIpc) is 3.26. The van der Waals surface area contributed by atoms with Crippen molar-refractivity contribution in [3.8, 4) is 0 Å². The number of nitrogens with one attached hydrogen (secondary N) is 1. The van der Waals surface area contributed by atoms with E-state index in [0.717, 1.165) is 31.5 Å². The Hall–Kier alpha value is -2.22. The lowest BCUT2D eigenvalue weighted by Crippen LogP contribution is -2.43. The monoisotopic (exact) mass is 376 g/mol. The smallest absolute Gasteiger partial charge is 0.273 e. The standard InChI is InChI=1S/C18H24N4O3S/c1-12-8-15(21-25-12)18(24)19-9-14-4-3-7-22(10-14)17(23)6-5-16-13(2)20-11-26-16/h8,11,14H,3-7,9-10H2,1-2H3,(H,19,24)/t14-/m1/s1. The van der Waals surface area contributed by atoms with E-state index in [2.05, 4.69) is 15.5 Å². The van der Waals surface area contributed by atoms with E-state index >= 15 is 0 Å². The first-order valence-corrected chi connectivity index (χ1v) is 9.79. The highest BCUT2D eigenvalue weighted by Gasteiger charge is 2.24. The van der Waals surface area contributed by atoms with Crippen LogP contribution in [0.3, 0.4) is 0 Å². The second kappa shape index (κ2) is 8.44. The van der Waals surface area contributed by atoms with E-state index in [1.54, 1.807) is 24.3 Å². The van der Waals surface area contributed by atoms with Gasteiger partial charge in [0.15, 0.2) is 5.69 Å². The van der Waals surface area contributed by atoms with Gasteiger partial charge >= 0.3 is 0 Å². The highest BCUT2D eigenvalue weighted by molar-refractivity contribution is 7.09. The molecule has 3 heterocycles. The van der Waals surface area contributed by atoms with Gasteiger partial charge in [0.1, 0.15) is 5.76 Å². The molecule has 2 aromatic rings. The van der Waals surface area contributed by atoms with Crippen molar-refractivity contribution in [1.82, 2.24) is 20.4 Å². The van der Waals surface area contributed by atoms with E-state index in [1.165, 1.54) is 4.88 Å². The molecule has 1 saturated heterocycles. The molecule has 7 nitrogen and oxygen atoms in total. The van der Waals surface area contributed by atoms with Crippen LogP contribution in [0.2, 0.25) is 0 Å². The van der Waals surface area contributed by atoms with Gasteiger partial charge in [0.25, 0.3) is 5.91 Å². The lowest BCUT2D eigenvalue weighted by atomic mass is 9.97. The van der Waals surface area contributed by atoms with Crippen LogP contribution in [0.5, 0.6) is 0 Å². The van der Waals surface area contributed by atoms with Gasteiger partial charge < -0.3 is 14.7 Å². The Morgan fingerprint density at radius 1 is 1.42 bits per heavy atom. The summed E-state index contributed by atoms with van der Waals surface area (Å²) in [5.41, 5.74) is 3.14. The molecule has 0 aliphatic carbocycles. The van der Waals surface area contributed by atoms with Crippen molar-refractivity contribution in [1.29, 1.82) is 0 Å². The first-order valence-electron chi connectivity index (χ1n) is 8.91. The molecule has 0 unspecified atom stereocenters. The van der Waals surface area contributed by atoms with Crippen LogP contribution in [-0.4, -0.2) is 46.5 Å². The number of nitrogens with zero attached hydrogens (tertiary/aromatic N) is 3. The fraction of sp³-hybridized carbons (Fsp3) is 0.556. The molecule has 2 amide bonds. The highest BCUT2D eigenvalue weighted by Crippen LogP contribution is 2.19. The number of piperidine rings is 1. The number of amides is 2. The Balaban J connectivity index is 1.45. The van der Waals surface area contributed by atoms with Gasteiger partial charge in [-0.15, -0.1) is 11.3 Å². The van der Waals surface area contributed by atoms with Gasteiger partial charge in [-0.05, 0) is 39.0 Å². The van der Waals surface area contributed by atoms with Crippen LogP contribution in [0.15, 0.2) is 16.1 Å². The fourth-order valence-corrected chi connectivity index (χ4v) is 3.99. The molecule has 0 bridgehead atoms. The van der Waals surface area contributed by atoms with Gasteiger partial charge in [-0.1, -0.05) is 5.16 Å². The van der Waals surface area contributed by atoms with Crippen LogP contribution in [0.1, 0.15) is 46.1 Å². The maximum absolute atomic E-state index is 12.5. The number of likely N-dealkylation sites (tertiary alicyclic amines) is 1. The molecule has 8 heteroatoms. The van der Waals surface area contributed by atoms with Crippen molar-refractivity contribution in [2.24, 2.45) is 5.92 Å². The first-order chi connectivity index (χ1) is 12.5. The zero-order valence-electron chi connectivity index (χ0n) is 15.2. The van der Waals surface area contributed by atoms with E-state index in [0.29, 0.717) is 31.0 Å². The predicted molar refractivity (Wildman–Crippen MR) is 98.0 cm³/mol. The van der Waals surface area contributed by atoms with Crippen molar-refractivity contribution in [2.45, 2.75) is 39.5 Å². The van der Waals surface area contributed by atoms with E-state index in [9.17, 15) is 9.59 Å². The summed E-state index contributed by atoms with van der Waals surface area (Å²) in [6.45, 7) is 5.77. The van der Waals surface area contributed by atoms with Crippen LogP contribution in [-0.2, 0) is 11.2 Å². The summed E-state index contributed by atoms with van der Waals surface area (Å²) >= 11 is 1.61. The average molecular weight is 376 g/mol. The zero-order chi connectivity index (χ0) is 18.5. The van der Waals surface area contributed by atoms with E-state index in [4.69, 9.17) is 4.52 Å². The molecular formula is C18H24N4O3S. The molecule has 1 atom stereocenters. The third-order valence-corrected chi connectivity index (χ3v) is 5.69. The largest absolute Gasteiger partial charge is 0.361 e. The minimum Gasteiger partial charge on any atom is -0.361 e. The number of aryl methyl sites for hydroxylation is 3. The molecule has 0 saturated carbocycles. The van der Waals surface area contributed by atoms with Crippen molar-refractivity contribution in [3.63, 3.8) is 0 Å². The first kappa shape index (κ1) is 18.6. The number of carbonyl (C=O) groups excluding carboxylic acids is 2. The molecule has 0 spiro atoms. The number of rotatable bonds is 6. The van der Waals surface area contributed by atoms with Gasteiger partial charge in [-0.2, -0.15) is 0 Å². The summed E-state index contributed by atoms with van der Waals surface area (Å²) in [5, 5.41) is 6.62. The van der Waals surface area contributed by atoms with Gasteiger partial charge in [-0.3, -0.25) is 9.59 Å². The summed E-state index contributed by atoms with van der Waals surface area (Å²) in [5.74, 6) is 0.836. The number of hydrogen-bond donors (Lipinski definition) is 1. The molecule has 1 aliphatic heterocycles. The van der Waals surface area contributed by atoms with Crippen molar-refractivity contribution < 1.29 is 14.1 Å². The zero-order valence-corrected chi connectivity index (χ0v) is 16.0. The molecule has 140 valence electrons. The topological polar surface area (TPSA) is 88.3 Å². The number of aromatic nitrogens is 2. The van der Waals surface area contributed by atoms with Crippen LogP contribution in [0.25, 0.3) is 0 Å². The molecule has 3 rings (SSSR count). The maximum atomic E-state index is 12.5. The Bertz CT molecular complexity index is 770. The second-order valence-corrected chi connectivity index (χ2v) is 7.68. The predicted octanol–water partition coefficient (Wildman–Crippen LogP) is 2.35. The molecular weight excluding hydrogens is 352 g/mol. The summed E-state index contributed by atoms with van der Waals surface area (Å²) in [6.07, 6.45) is 3.24. The second-order valence-electron chi connectivity index (χ2n) is 6.74. The van der Waals surface area contributed by atoms with Crippen molar-refractivity contribution >= 4 is 23.2 Å². The lowest BCUT2D eigenvalue weighted by Gasteiger charge is -2.33. The lowest BCUT2D eigenvalue weighted by molar-refractivity contribution is -0.132. The van der Waals surface area contributed by atoms with Crippen molar-refractivity contribution in [3.05, 3.63) is 33.6 Å². The highest BCUT2D eigenvalue weighted by atomic mass is 32.1. The van der Waals surface area contributed by atoms with Crippen LogP contribution < -0.4 is 5.32 Å². The van der Waals surface area contributed by atoms with Crippen LogP contribution in [0, 0.1) is 19.8 Å². The molecule has 2 aromatic heterocycles. The number of carbonyl (C=O) groups is 2. The Morgan fingerprint density at radius 2 is 2.27 bits per heavy atom. The molecule has 1 N–H and O–H groups in total. The Labute approximate surface area is 156 Å². The SMILES string of the molecule is Cc1cc(C(=O)NC[C@H]2CCCN(C(=O)CCc3scnc3C)C2)no1. The fourth-order valence-electron chi connectivity index (χ4n) is 3.20. The summed E-state index contributed by atoms with van der Waals surface area (Å²) in [4.78, 5) is 31.9. The quantitative estimate of drug-likeness (QED) is 0.836. The molecule has 26 heavy (non-hydrogen) atoms. The number of hydrogen-bond acceptors (Lipinski definition) is 6.